The average Bonchev–Trinajstić information content (AvgIpc) is 3.02. The Morgan fingerprint density at radius 3 is 1.50 bits per heavy atom. The molecule has 136 valence electrons. The molecule has 0 saturated carbocycles. The number of rotatable bonds is 2. The predicted octanol–water partition coefficient (Wildman–Crippen LogP) is 4.18. The molecule has 2 aliphatic rings. The lowest BCUT2D eigenvalue weighted by Gasteiger charge is -2.11. The van der Waals surface area contributed by atoms with E-state index < -0.39 is 18.4 Å². The summed E-state index contributed by atoms with van der Waals surface area (Å²) in [6, 6.07) is 4.99. The third-order valence-corrected chi connectivity index (χ3v) is 4.13. The van der Waals surface area contributed by atoms with Crippen molar-refractivity contribution in [1.82, 2.24) is 0 Å². The molecule has 0 amide bonds. The van der Waals surface area contributed by atoms with E-state index in [-0.39, 0.29) is 45.3 Å². The fourth-order valence-electron chi connectivity index (χ4n) is 2.92. The summed E-state index contributed by atoms with van der Waals surface area (Å²) in [4.78, 5) is 12.8. The molecule has 0 saturated heterocycles. The van der Waals surface area contributed by atoms with Crippen LogP contribution in [0.1, 0.15) is 27.0 Å². The van der Waals surface area contributed by atoms with E-state index in [0.29, 0.717) is 0 Å². The van der Waals surface area contributed by atoms with Gasteiger partial charge in [0, 0.05) is 22.3 Å². The van der Waals surface area contributed by atoms with Gasteiger partial charge < -0.3 is 18.9 Å². The lowest BCUT2D eigenvalue weighted by Crippen LogP contribution is -2.26. The van der Waals surface area contributed by atoms with Crippen molar-refractivity contribution in [2.75, 3.05) is 0 Å². The maximum absolute atomic E-state index is 13.2. The molecule has 0 fully saturated rings. The summed E-state index contributed by atoms with van der Waals surface area (Å²) in [6.45, 7) is 2.85. The van der Waals surface area contributed by atoms with E-state index in [2.05, 4.69) is 18.9 Å². The van der Waals surface area contributed by atoms with Crippen LogP contribution in [-0.2, 0) is 0 Å². The van der Waals surface area contributed by atoms with Gasteiger partial charge in [-0.15, -0.1) is 17.6 Å². The second kappa shape index (κ2) is 5.03. The molecule has 0 radical (unpaired) electrons. The normalized spacial score (nSPS) is 18.1. The maximum atomic E-state index is 13.2. The van der Waals surface area contributed by atoms with Gasteiger partial charge >= 0.3 is 12.6 Å². The van der Waals surface area contributed by atoms with Crippen LogP contribution >= 0.6 is 0 Å². The average molecular weight is 370 g/mol. The van der Waals surface area contributed by atoms with Gasteiger partial charge in [0.15, 0.2) is 28.8 Å². The van der Waals surface area contributed by atoms with Crippen molar-refractivity contribution >= 4 is 5.78 Å². The summed E-state index contributed by atoms with van der Waals surface area (Å²) in [6.07, 6.45) is -7.62. The molecule has 0 unspecified atom stereocenters. The van der Waals surface area contributed by atoms with Gasteiger partial charge in [0.2, 0.25) is 0 Å². The molecule has 9 heteroatoms. The van der Waals surface area contributed by atoms with Crippen LogP contribution < -0.4 is 18.9 Å². The Morgan fingerprint density at radius 2 is 1.12 bits per heavy atom. The van der Waals surface area contributed by atoms with Crippen molar-refractivity contribution in [3.8, 4) is 23.0 Å². The summed E-state index contributed by atoms with van der Waals surface area (Å²) < 4.78 is 70.5. The summed E-state index contributed by atoms with van der Waals surface area (Å²) in [5.41, 5.74) is 0.427. The molecule has 4 rings (SSSR count). The Bertz CT molecular complexity index is 879. The molecule has 2 aromatic rings. The molecule has 5 nitrogen and oxygen atoms in total. The molecule has 26 heavy (non-hydrogen) atoms. The van der Waals surface area contributed by atoms with E-state index in [0.717, 1.165) is 0 Å². The quantitative estimate of drug-likeness (QED) is 0.587. The van der Waals surface area contributed by atoms with Crippen LogP contribution in [0.15, 0.2) is 24.3 Å². The highest BCUT2D eigenvalue weighted by atomic mass is 19.3. The Morgan fingerprint density at radius 1 is 0.731 bits per heavy atom. The standard InChI is InChI=1S/C17H10F4O5/c1-7-9(3-5-11-14(7)25-16(18,19)23-11)13(22)10-4-6-12-15(8(10)2)26-17(20,21)24-12/h3-6H,1-2H3. The van der Waals surface area contributed by atoms with Crippen LogP contribution in [0.2, 0.25) is 0 Å². The molecule has 0 aliphatic carbocycles. The van der Waals surface area contributed by atoms with E-state index in [9.17, 15) is 22.4 Å². The molecule has 0 atom stereocenters. The largest absolute Gasteiger partial charge is 0.586 e. The molecular weight excluding hydrogens is 360 g/mol. The monoisotopic (exact) mass is 370 g/mol. The number of hydrogen-bond acceptors (Lipinski definition) is 5. The van der Waals surface area contributed by atoms with Crippen molar-refractivity contribution in [1.29, 1.82) is 0 Å². The van der Waals surface area contributed by atoms with E-state index in [1.807, 2.05) is 0 Å². The molecule has 0 N–H and O–H groups in total. The lowest BCUT2D eigenvalue weighted by molar-refractivity contribution is -0.287. The summed E-state index contributed by atoms with van der Waals surface area (Å²) in [7, 11) is 0. The van der Waals surface area contributed by atoms with Crippen molar-refractivity contribution in [3.05, 3.63) is 46.5 Å². The summed E-state index contributed by atoms with van der Waals surface area (Å²) in [5, 5.41) is 0. The Hall–Kier alpha value is -2.97. The van der Waals surface area contributed by atoms with Crippen LogP contribution in [0.4, 0.5) is 17.6 Å². The number of ether oxygens (including phenoxy) is 4. The Balaban J connectivity index is 1.75. The molecule has 0 spiro atoms. The van der Waals surface area contributed by atoms with E-state index in [1.165, 1.54) is 38.1 Å². The molecule has 2 aromatic carbocycles. The number of alkyl halides is 4. The van der Waals surface area contributed by atoms with Gasteiger partial charge in [-0.2, -0.15) is 0 Å². The van der Waals surface area contributed by atoms with Crippen LogP contribution in [0, 0.1) is 13.8 Å². The van der Waals surface area contributed by atoms with Gasteiger partial charge in [-0.25, -0.2) is 0 Å². The third kappa shape index (κ3) is 2.42. The smallest absolute Gasteiger partial charge is 0.395 e. The molecular formula is C17H10F4O5. The minimum absolute atomic E-state index is 0.0683. The molecule has 0 bridgehead atoms. The minimum atomic E-state index is -3.81. The van der Waals surface area contributed by atoms with Crippen molar-refractivity contribution in [2.45, 2.75) is 26.4 Å². The van der Waals surface area contributed by atoms with Gasteiger partial charge in [0.05, 0.1) is 0 Å². The first-order valence-corrected chi connectivity index (χ1v) is 7.41. The molecule has 2 heterocycles. The summed E-state index contributed by atoms with van der Waals surface area (Å²) >= 11 is 0. The highest BCUT2D eigenvalue weighted by Crippen LogP contribution is 2.46. The van der Waals surface area contributed by atoms with Gasteiger partial charge in [-0.1, -0.05) is 0 Å². The van der Waals surface area contributed by atoms with E-state index in [4.69, 9.17) is 0 Å². The predicted molar refractivity (Wildman–Crippen MR) is 78.2 cm³/mol. The van der Waals surface area contributed by atoms with Crippen molar-refractivity contribution in [3.63, 3.8) is 0 Å². The highest BCUT2D eigenvalue weighted by molar-refractivity contribution is 6.11. The number of carbonyl (C=O) groups is 1. The SMILES string of the molecule is Cc1c(C(=O)c2ccc3c(c2C)OC(F)(F)O3)ccc2c1OC(F)(F)O2. The number of benzene rings is 2. The maximum Gasteiger partial charge on any atom is 0.586 e. The minimum Gasteiger partial charge on any atom is -0.395 e. The number of ketones is 1. The highest BCUT2D eigenvalue weighted by Gasteiger charge is 2.46. The third-order valence-electron chi connectivity index (χ3n) is 4.13. The second-order valence-corrected chi connectivity index (χ2v) is 5.79. The van der Waals surface area contributed by atoms with Crippen molar-refractivity contribution < 1.29 is 41.3 Å². The van der Waals surface area contributed by atoms with Gasteiger partial charge in [-0.05, 0) is 38.1 Å². The zero-order valence-electron chi connectivity index (χ0n) is 13.4. The van der Waals surface area contributed by atoms with Gasteiger partial charge in [-0.3, -0.25) is 4.79 Å². The van der Waals surface area contributed by atoms with E-state index >= 15 is 0 Å². The second-order valence-electron chi connectivity index (χ2n) is 5.79. The zero-order valence-corrected chi connectivity index (χ0v) is 13.4. The van der Waals surface area contributed by atoms with Crippen LogP contribution in [0.3, 0.4) is 0 Å². The first-order chi connectivity index (χ1) is 12.1. The Kier molecular flexibility index (Phi) is 3.19. The first-order valence-electron chi connectivity index (χ1n) is 7.41. The number of hydrogen-bond donors (Lipinski definition) is 0. The Labute approximate surface area is 144 Å². The van der Waals surface area contributed by atoms with E-state index in [1.54, 1.807) is 0 Å². The van der Waals surface area contributed by atoms with Crippen LogP contribution in [0.25, 0.3) is 0 Å². The summed E-state index contributed by atoms with van der Waals surface area (Å²) in [5.74, 6) is -1.43. The van der Waals surface area contributed by atoms with Crippen LogP contribution in [-0.4, -0.2) is 18.4 Å². The van der Waals surface area contributed by atoms with Gasteiger partial charge in [0.1, 0.15) is 0 Å². The fraction of sp³-hybridized carbons (Fsp3) is 0.235. The van der Waals surface area contributed by atoms with Gasteiger partial charge in [0.25, 0.3) is 0 Å². The number of carbonyl (C=O) groups excluding carboxylic acids is 1. The zero-order chi connectivity index (χ0) is 18.9. The topological polar surface area (TPSA) is 54.0 Å². The fourth-order valence-corrected chi connectivity index (χ4v) is 2.92. The molecule has 2 aliphatic heterocycles. The van der Waals surface area contributed by atoms with Crippen molar-refractivity contribution in [2.24, 2.45) is 0 Å². The number of halogens is 4. The lowest BCUT2D eigenvalue weighted by atomic mass is 9.94. The first kappa shape index (κ1) is 16.5. The van der Waals surface area contributed by atoms with Crippen LogP contribution in [0.5, 0.6) is 23.0 Å². The molecule has 0 aromatic heterocycles. The number of fused-ring (bicyclic) bond motifs is 2.